The van der Waals surface area contributed by atoms with Crippen molar-refractivity contribution in [3.8, 4) is 17.2 Å². The molecule has 0 atom stereocenters. The van der Waals surface area contributed by atoms with Crippen molar-refractivity contribution in [3.05, 3.63) is 40.8 Å². The number of nitrogens with zero attached hydrogens (tertiary/aromatic N) is 1. The van der Waals surface area contributed by atoms with Crippen LogP contribution in [0, 0.1) is 11.3 Å². The van der Waals surface area contributed by atoms with E-state index >= 15 is 0 Å². The second kappa shape index (κ2) is 5.55. The van der Waals surface area contributed by atoms with Crippen LogP contribution in [0.25, 0.3) is 11.1 Å². The molecule has 0 fully saturated rings. The lowest BCUT2D eigenvalue weighted by Crippen LogP contribution is -2.04. The maximum atomic E-state index is 11.9. The highest BCUT2D eigenvalue weighted by atomic mass is 32.1. The van der Waals surface area contributed by atoms with Gasteiger partial charge in [0.2, 0.25) is 0 Å². The summed E-state index contributed by atoms with van der Waals surface area (Å²) in [6.45, 7) is 2.02. The first kappa shape index (κ1) is 13.1. The number of rotatable bonds is 3. The SMILES string of the molecule is CCOC(=O)c1sc(N)c(C#N)c1-c1ccccc1. The fourth-order valence-corrected chi connectivity index (χ4v) is 2.71. The summed E-state index contributed by atoms with van der Waals surface area (Å²) < 4.78 is 5.01. The molecule has 0 aliphatic heterocycles. The summed E-state index contributed by atoms with van der Waals surface area (Å²) in [5, 5.41) is 9.55. The van der Waals surface area contributed by atoms with E-state index in [1.807, 2.05) is 30.3 Å². The molecule has 0 saturated carbocycles. The van der Waals surface area contributed by atoms with E-state index in [9.17, 15) is 10.1 Å². The number of esters is 1. The van der Waals surface area contributed by atoms with Crippen molar-refractivity contribution in [1.29, 1.82) is 5.26 Å². The molecule has 0 amide bonds. The van der Waals surface area contributed by atoms with E-state index in [0.717, 1.165) is 16.9 Å². The van der Waals surface area contributed by atoms with E-state index in [1.165, 1.54) is 0 Å². The molecule has 0 saturated heterocycles. The molecule has 2 rings (SSSR count). The zero-order valence-corrected chi connectivity index (χ0v) is 11.2. The van der Waals surface area contributed by atoms with Crippen LogP contribution in [0.15, 0.2) is 30.3 Å². The molecule has 0 aliphatic carbocycles. The van der Waals surface area contributed by atoms with Crippen LogP contribution in [0.1, 0.15) is 22.2 Å². The van der Waals surface area contributed by atoms with Gasteiger partial charge in [0, 0.05) is 5.56 Å². The second-order valence-corrected chi connectivity index (χ2v) is 4.80. The molecule has 1 aromatic carbocycles. The quantitative estimate of drug-likeness (QED) is 0.871. The summed E-state index contributed by atoms with van der Waals surface area (Å²) in [5.41, 5.74) is 7.49. The van der Waals surface area contributed by atoms with Gasteiger partial charge in [-0.15, -0.1) is 11.3 Å². The first-order valence-electron chi connectivity index (χ1n) is 5.74. The average molecular weight is 272 g/mol. The third-order valence-corrected chi connectivity index (χ3v) is 3.57. The minimum absolute atomic E-state index is 0.284. The normalized spacial score (nSPS) is 9.89. The van der Waals surface area contributed by atoms with Gasteiger partial charge in [0.1, 0.15) is 15.9 Å². The zero-order chi connectivity index (χ0) is 13.8. The topological polar surface area (TPSA) is 76.1 Å². The van der Waals surface area contributed by atoms with Crippen molar-refractivity contribution in [1.82, 2.24) is 0 Å². The molecule has 2 aromatic rings. The lowest BCUT2D eigenvalue weighted by molar-refractivity contribution is 0.0533. The summed E-state index contributed by atoms with van der Waals surface area (Å²) in [4.78, 5) is 12.3. The Kier molecular flexibility index (Phi) is 3.83. The molecular formula is C14H12N2O2S. The van der Waals surface area contributed by atoms with Crippen LogP contribution in [0.4, 0.5) is 5.00 Å². The molecule has 0 aliphatic rings. The van der Waals surface area contributed by atoms with E-state index in [-0.39, 0.29) is 6.61 Å². The van der Waals surface area contributed by atoms with Gasteiger partial charge in [-0.2, -0.15) is 5.26 Å². The van der Waals surface area contributed by atoms with Gasteiger partial charge in [-0.05, 0) is 12.5 Å². The highest BCUT2D eigenvalue weighted by Gasteiger charge is 2.23. The molecule has 0 radical (unpaired) electrons. The summed E-state index contributed by atoms with van der Waals surface area (Å²) in [6.07, 6.45) is 0. The number of carbonyl (C=O) groups excluding carboxylic acids is 1. The van der Waals surface area contributed by atoms with Crippen LogP contribution in [-0.4, -0.2) is 12.6 Å². The van der Waals surface area contributed by atoms with Gasteiger partial charge in [0.25, 0.3) is 0 Å². The third-order valence-electron chi connectivity index (χ3n) is 2.57. The number of hydrogen-bond acceptors (Lipinski definition) is 5. The lowest BCUT2D eigenvalue weighted by atomic mass is 10.0. The molecule has 1 heterocycles. The van der Waals surface area contributed by atoms with E-state index < -0.39 is 5.97 Å². The van der Waals surface area contributed by atoms with Gasteiger partial charge in [-0.3, -0.25) is 0 Å². The maximum absolute atomic E-state index is 11.9. The Morgan fingerprint density at radius 1 is 1.42 bits per heavy atom. The first-order valence-corrected chi connectivity index (χ1v) is 6.55. The number of ether oxygens (including phenoxy) is 1. The van der Waals surface area contributed by atoms with Crippen molar-refractivity contribution < 1.29 is 9.53 Å². The number of anilines is 1. The molecule has 1 aromatic heterocycles. The number of nitrogens with two attached hydrogens (primary N) is 1. The number of hydrogen-bond donors (Lipinski definition) is 1. The van der Waals surface area contributed by atoms with Crippen molar-refractivity contribution in [2.75, 3.05) is 12.3 Å². The third kappa shape index (κ3) is 2.44. The first-order chi connectivity index (χ1) is 9.19. The number of nitriles is 1. The Morgan fingerprint density at radius 2 is 2.11 bits per heavy atom. The number of thiophene rings is 1. The van der Waals surface area contributed by atoms with Crippen LogP contribution in [0.3, 0.4) is 0 Å². The zero-order valence-electron chi connectivity index (χ0n) is 10.3. The number of carbonyl (C=O) groups is 1. The highest BCUT2D eigenvalue weighted by molar-refractivity contribution is 7.18. The van der Waals surface area contributed by atoms with Crippen LogP contribution in [0.5, 0.6) is 0 Å². The van der Waals surface area contributed by atoms with Crippen molar-refractivity contribution in [2.45, 2.75) is 6.92 Å². The monoisotopic (exact) mass is 272 g/mol. The van der Waals surface area contributed by atoms with Crippen LogP contribution in [-0.2, 0) is 4.74 Å². The van der Waals surface area contributed by atoms with Crippen molar-refractivity contribution in [3.63, 3.8) is 0 Å². The van der Waals surface area contributed by atoms with Crippen molar-refractivity contribution in [2.24, 2.45) is 0 Å². The summed E-state index contributed by atoms with van der Waals surface area (Å²) in [6, 6.07) is 11.3. The lowest BCUT2D eigenvalue weighted by Gasteiger charge is -2.04. The van der Waals surface area contributed by atoms with E-state index in [4.69, 9.17) is 10.5 Å². The minimum Gasteiger partial charge on any atom is -0.462 e. The highest BCUT2D eigenvalue weighted by Crippen LogP contribution is 2.38. The van der Waals surface area contributed by atoms with Gasteiger partial charge >= 0.3 is 5.97 Å². The van der Waals surface area contributed by atoms with Gasteiger partial charge in [-0.1, -0.05) is 30.3 Å². The molecule has 5 heteroatoms. The fourth-order valence-electron chi connectivity index (χ4n) is 1.78. The van der Waals surface area contributed by atoms with Crippen LogP contribution in [0.2, 0.25) is 0 Å². The largest absolute Gasteiger partial charge is 0.462 e. The predicted molar refractivity (Wildman–Crippen MR) is 74.8 cm³/mol. The average Bonchev–Trinajstić information content (AvgIpc) is 2.77. The van der Waals surface area contributed by atoms with E-state index in [0.29, 0.717) is 21.0 Å². The van der Waals surface area contributed by atoms with Gasteiger partial charge in [0.15, 0.2) is 0 Å². The fraction of sp³-hybridized carbons (Fsp3) is 0.143. The standard InChI is InChI=1S/C14H12N2O2S/c1-2-18-14(17)12-11(9-6-4-3-5-7-9)10(8-15)13(16)19-12/h3-7H,2,16H2,1H3. The smallest absolute Gasteiger partial charge is 0.349 e. The van der Waals surface area contributed by atoms with E-state index in [2.05, 4.69) is 6.07 Å². The van der Waals surface area contributed by atoms with Gasteiger partial charge in [0.05, 0.1) is 12.2 Å². The molecule has 0 spiro atoms. The second-order valence-electron chi connectivity index (χ2n) is 3.74. The minimum atomic E-state index is -0.445. The Labute approximate surface area is 115 Å². The number of benzene rings is 1. The Morgan fingerprint density at radius 3 is 2.68 bits per heavy atom. The van der Waals surface area contributed by atoms with E-state index in [1.54, 1.807) is 6.92 Å². The van der Waals surface area contributed by atoms with Crippen molar-refractivity contribution >= 4 is 22.3 Å². The maximum Gasteiger partial charge on any atom is 0.349 e. The molecule has 19 heavy (non-hydrogen) atoms. The molecule has 0 unspecified atom stereocenters. The molecule has 0 bridgehead atoms. The number of nitrogen functional groups attached to an aromatic ring is 1. The summed E-state index contributed by atoms with van der Waals surface area (Å²) in [7, 11) is 0. The molecule has 2 N–H and O–H groups in total. The van der Waals surface area contributed by atoms with Crippen LogP contribution < -0.4 is 5.73 Å². The summed E-state index contributed by atoms with van der Waals surface area (Å²) >= 11 is 1.09. The molecule has 96 valence electrons. The van der Waals surface area contributed by atoms with Crippen LogP contribution >= 0.6 is 11.3 Å². The van der Waals surface area contributed by atoms with Gasteiger partial charge in [-0.25, -0.2) is 4.79 Å². The predicted octanol–water partition coefficient (Wildman–Crippen LogP) is 3.05. The molecular weight excluding hydrogens is 260 g/mol. The summed E-state index contributed by atoms with van der Waals surface area (Å²) in [5.74, 6) is -0.445. The Balaban J connectivity index is 2.63. The Hall–Kier alpha value is -2.32. The molecule has 4 nitrogen and oxygen atoms in total. The van der Waals surface area contributed by atoms with Gasteiger partial charge < -0.3 is 10.5 Å². The Bertz CT molecular complexity index is 641.